The van der Waals surface area contributed by atoms with E-state index < -0.39 is 0 Å². The molecule has 42 heavy (non-hydrogen) atoms. The molecule has 0 saturated carbocycles. The van der Waals surface area contributed by atoms with Gasteiger partial charge in [0.1, 0.15) is 18.1 Å². The van der Waals surface area contributed by atoms with Gasteiger partial charge < -0.3 is 9.47 Å². The van der Waals surface area contributed by atoms with Crippen molar-refractivity contribution in [1.82, 2.24) is 4.90 Å². The standard InChI is InChI=1S/C35H27BrN2O3S/c1-40-29-18-13-24(14-19-29)22-38-34(39)33(42-35(38)37-28-8-3-2-4-9-28)21-31-30-10-6-5-7-26(30)15-20-32(31)41-23-25-11-16-27(36)17-12-25/h2-21H,22-23H2,1H3/b33-21+,37-35?. The van der Waals surface area contributed by atoms with E-state index in [1.165, 1.54) is 11.8 Å². The highest BCUT2D eigenvalue weighted by Gasteiger charge is 2.34. The Morgan fingerprint density at radius 3 is 2.31 bits per heavy atom. The van der Waals surface area contributed by atoms with Crippen LogP contribution in [0.3, 0.4) is 0 Å². The van der Waals surface area contributed by atoms with Crippen LogP contribution in [0.25, 0.3) is 16.8 Å². The number of nitrogens with zero attached hydrogens (tertiary/aromatic N) is 2. The zero-order chi connectivity index (χ0) is 28.9. The molecule has 1 heterocycles. The van der Waals surface area contributed by atoms with Crippen LogP contribution in [0.15, 0.2) is 130 Å². The van der Waals surface area contributed by atoms with Crippen LogP contribution >= 0.6 is 27.7 Å². The van der Waals surface area contributed by atoms with Gasteiger partial charge in [0.15, 0.2) is 5.17 Å². The number of amidine groups is 1. The maximum Gasteiger partial charge on any atom is 0.267 e. The van der Waals surface area contributed by atoms with Gasteiger partial charge in [-0.15, -0.1) is 0 Å². The molecule has 0 unspecified atom stereocenters. The molecule has 0 atom stereocenters. The third kappa shape index (κ3) is 6.27. The van der Waals surface area contributed by atoms with Crippen molar-refractivity contribution in [2.45, 2.75) is 13.2 Å². The van der Waals surface area contributed by atoms with Crippen molar-refractivity contribution in [1.29, 1.82) is 0 Å². The number of carbonyl (C=O) groups excluding carboxylic acids is 1. The quantitative estimate of drug-likeness (QED) is 0.160. The first-order chi connectivity index (χ1) is 20.6. The van der Waals surface area contributed by atoms with Crippen molar-refractivity contribution in [2.75, 3.05) is 7.11 Å². The number of ether oxygens (including phenoxy) is 2. The van der Waals surface area contributed by atoms with Crippen LogP contribution in [0, 0.1) is 0 Å². The smallest absolute Gasteiger partial charge is 0.267 e. The van der Waals surface area contributed by atoms with E-state index in [0.29, 0.717) is 29.0 Å². The molecule has 1 aliphatic heterocycles. The number of amides is 1. The fourth-order valence-electron chi connectivity index (χ4n) is 4.68. The number of aliphatic imine (C=N–C) groups is 1. The van der Waals surface area contributed by atoms with Gasteiger partial charge in [0.05, 0.1) is 24.2 Å². The Balaban J connectivity index is 1.38. The Kier molecular flexibility index (Phi) is 8.40. The number of methoxy groups -OCH3 is 1. The Morgan fingerprint density at radius 1 is 0.833 bits per heavy atom. The third-order valence-electron chi connectivity index (χ3n) is 6.88. The summed E-state index contributed by atoms with van der Waals surface area (Å²) < 4.78 is 12.7. The van der Waals surface area contributed by atoms with E-state index in [2.05, 4.69) is 34.1 Å². The van der Waals surface area contributed by atoms with Crippen molar-refractivity contribution in [2.24, 2.45) is 4.99 Å². The minimum absolute atomic E-state index is 0.0997. The van der Waals surface area contributed by atoms with Gasteiger partial charge in [-0.05, 0) is 82.2 Å². The number of benzene rings is 5. The highest BCUT2D eigenvalue weighted by Crippen LogP contribution is 2.39. The van der Waals surface area contributed by atoms with Crippen LogP contribution in [-0.4, -0.2) is 23.1 Å². The number of hydrogen-bond acceptors (Lipinski definition) is 5. The molecule has 0 spiro atoms. The molecule has 7 heteroatoms. The van der Waals surface area contributed by atoms with Crippen LogP contribution in [0.1, 0.15) is 16.7 Å². The minimum Gasteiger partial charge on any atom is -0.497 e. The fraction of sp³-hybridized carbons (Fsp3) is 0.0857. The zero-order valence-corrected chi connectivity index (χ0v) is 25.3. The number of thioether (sulfide) groups is 1. The lowest BCUT2D eigenvalue weighted by Crippen LogP contribution is -2.28. The van der Waals surface area contributed by atoms with Gasteiger partial charge in [0.2, 0.25) is 0 Å². The van der Waals surface area contributed by atoms with Crippen LogP contribution in [0.4, 0.5) is 5.69 Å². The molecular weight excluding hydrogens is 608 g/mol. The molecule has 208 valence electrons. The molecule has 0 N–H and O–H groups in total. The maximum absolute atomic E-state index is 14.0. The van der Waals surface area contributed by atoms with Crippen molar-refractivity contribution in [3.05, 3.63) is 141 Å². The number of hydrogen-bond donors (Lipinski definition) is 0. The predicted molar refractivity (Wildman–Crippen MR) is 175 cm³/mol. The summed E-state index contributed by atoms with van der Waals surface area (Å²) in [5.41, 5.74) is 3.69. The summed E-state index contributed by atoms with van der Waals surface area (Å²) in [6, 6.07) is 37.7. The molecule has 0 bridgehead atoms. The normalized spacial score (nSPS) is 15.1. The molecule has 1 aliphatic rings. The number of carbonyl (C=O) groups is 1. The summed E-state index contributed by atoms with van der Waals surface area (Å²) in [6.45, 7) is 0.800. The van der Waals surface area contributed by atoms with E-state index in [1.807, 2.05) is 103 Å². The van der Waals surface area contributed by atoms with Gasteiger partial charge in [-0.1, -0.05) is 88.7 Å². The Labute approximate surface area is 257 Å². The van der Waals surface area contributed by atoms with Crippen molar-refractivity contribution >= 4 is 61.3 Å². The third-order valence-corrected chi connectivity index (χ3v) is 8.42. The SMILES string of the molecule is COc1ccc(CN2C(=O)/C(=C\c3c(OCc4ccc(Br)cc4)ccc4ccccc34)SC2=Nc2ccccc2)cc1. The summed E-state index contributed by atoms with van der Waals surface area (Å²) in [5, 5.41) is 2.72. The minimum atomic E-state index is -0.0997. The average molecular weight is 636 g/mol. The first kappa shape index (κ1) is 27.8. The van der Waals surface area contributed by atoms with Crippen LogP contribution in [-0.2, 0) is 17.9 Å². The van der Waals surface area contributed by atoms with E-state index in [-0.39, 0.29) is 5.91 Å². The van der Waals surface area contributed by atoms with Gasteiger partial charge in [-0.2, -0.15) is 0 Å². The second kappa shape index (κ2) is 12.7. The Bertz CT molecular complexity index is 1790. The van der Waals surface area contributed by atoms with Crippen molar-refractivity contribution < 1.29 is 14.3 Å². The number of halogens is 1. The lowest BCUT2D eigenvalue weighted by Gasteiger charge is -2.16. The summed E-state index contributed by atoms with van der Waals surface area (Å²) >= 11 is 4.87. The molecule has 5 nitrogen and oxygen atoms in total. The molecule has 1 fully saturated rings. The largest absolute Gasteiger partial charge is 0.497 e. The van der Waals surface area contributed by atoms with Crippen molar-refractivity contribution in [3.8, 4) is 11.5 Å². The second-order valence-electron chi connectivity index (χ2n) is 9.69. The van der Waals surface area contributed by atoms with Crippen LogP contribution in [0.5, 0.6) is 11.5 Å². The summed E-state index contributed by atoms with van der Waals surface area (Å²) in [4.78, 5) is 21.2. The van der Waals surface area contributed by atoms with Gasteiger partial charge in [-0.25, -0.2) is 4.99 Å². The van der Waals surface area contributed by atoms with Crippen molar-refractivity contribution in [3.63, 3.8) is 0 Å². The van der Waals surface area contributed by atoms with Crippen LogP contribution in [0.2, 0.25) is 0 Å². The van der Waals surface area contributed by atoms with Crippen LogP contribution < -0.4 is 9.47 Å². The number of para-hydroxylation sites is 1. The molecule has 6 rings (SSSR count). The molecule has 5 aromatic carbocycles. The molecule has 1 amide bonds. The maximum atomic E-state index is 14.0. The predicted octanol–water partition coefficient (Wildman–Crippen LogP) is 8.99. The number of rotatable bonds is 8. The Morgan fingerprint density at radius 2 is 1.55 bits per heavy atom. The summed E-state index contributed by atoms with van der Waals surface area (Å²) in [5.74, 6) is 1.39. The van der Waals surface area contributed by atoms with E-state index in [0.717, 1.165) is 43.4 Å². The first-order valence-electron chi connectivity index (χ1n) is 13.4. The molecule has 0 aliphatic carbocycles. The second-order valence-corrected chi connectivity index (χ2v) is 11.6. The molecular formula is C35H27BrN2O3S. The summed E-state index contributed by atoms with van der Waals surface area (Å²) in [7, 11) is 1.64. The highest BCUT2D eigenvalue weighted by molar-refractivity contribution is 9.10. The Hall–Kier alpha value is -4.33. The summed E-state index contributed by atoms with van der Waals surface area (Å²) in [6.07, 6.45) is 1.95. The van der Waals surface area contributed by atoms with E-state index in [1.54, 1.807) is 12.0 Å². The number of fused-ring (bicyclic) bond motifs is 1. The lowest BCUT2D eigenvalue weighted by atomic mass is 10.0. The van der Waals surface area contributed by atoms with E-state index in [9.17, 15) is 4.79 Å². The lowest BCUT2D eigenvalue weighted by molar-refractivity contribution is -0.122. The molecule has 0 radical (unpaired) electrons. The highest BCUT2D eigenvalue weighted by atomic mass is 79.9. The van der Waals surface area contributed by atoms with Gasteiger partial charge in [-0.3, -0.25) is 9.69 Å². The van der Waals surface area contributed by atoms with Gasteiger partial charge in [0, 0.05) is 10.0 Å². The fourth-order valence-corrected chi connectivity index (χ4v) is 5.92. The van der Waals surface area contributed by atoms with Gasteiger partial charge >= 0.3 is 0 Å². The first-order valence-corrected chi connectivity index (χ1v) is 15.1. The van der Waals surface area contributed by atoms with E-state index >= 15 is 0 Å². The topological polar surface area (TPSA) is 51.1 Å². The molecule has 0 aromatic heterocycles. The zero-order valence-electron chi connectivity index (χ0n) is 22.9. The monoisotopic (exact) mass is 634 g/mol. The average Bonchev–Trinajstić information content (AvgIpc) is 3.31. The molecule has 5 aromatic rings. The van der Waals surface area contributed by atoms with Gasteiger partial charge in [0.25, 0.3) is 5.91 Å². The van der Waals surface area contributed by atoms with E-state index in [4.69, 9.17) is 14.5 Å². The molecule has 1 saturated heterocycles.